The van der Waals surface area contributed by atoms with Crippen LogP contribution < -0.4 is 0 Å². The van der Waals surface area contributed by atoms with Gasteiger partial charge < -0.3 is 5.21 Å². The van der Waals surface area contributed by atoms with Crippen LogP contribution in [0, 0.1) is 15.3 Å². The Labute approximate surface area is 64.3 Å². The summed E-state index contributed by atoms with van der Waals surface area (Å²) >= 11 is 0. The Morgan fingerprint density at radius 2 is 1.82 bits per heavy atom. The molecule has 0 spiro atoms. The predicted octanol–water partition coefficient (Wildman–Crippen LogP) is 0.982. The Hall–Kier alpha value is -1.20. The van der Waals surface area contributed by atoms with E-state index in [0.29, 0.717) is 0 Å². The third-order valence-corrected chi connectivity index (χ3v) is 0.648. The zero-order valence-corrected chi connectivity index (χ0v) is 6.77. The lowest BCUT2D eigenvalue weighted by atomic mass is 10.1. The van der Waals surface area contributed by atoms with Gasteiger partial charge in [-0.05, 0) is 30.7 Å². The van der Waals surface area contributed by atoms with Gasteiger partial charge in [0.15, 0.2) is 0 Å². The summed E-state index contributed by atoms with van der Waals surface area (Å²) in [5, 5.41) is 23.9. The summed E-state index contributed by atoms with van der Waals surface area (Å²) in [5.41, 5.74) is -0.558. The van der Waals surface area contributed by atoms with Gasteiger partial charge in [0.25, 0.3) is 0 Å². The zero-order chi connectivity index (χ0) is 9.07. The van der Waals surface area contributed by atoms with E-state index in [-0.39, 0.29) is 4.86 Å². The van der Waals surface area contributed by atoms with Crippen molar-refractivity contribution in [2.24, 2.45) is 5.11 Å². The van der Waals surface area contributed by atoms with Gasteiger partial charge in [0.2, 0.25) is 0 Å². The van der Waals surface area contributed by atoms with Crippen molar-refractivity contribution in [3.05, 3.63) is 15.3 Å². The first kappa shape index (κ1) is 9.80. The SMILES string of the molecule is CC(C)(C)N=[N+]([O-])C[N+](=O)[O-]. The Bertz CT molecular complexity index is 182. The Kier molecular flexibility index (Phi) is 2.91. The van der Waals surface area contributed by atoms with Crippen LogP contribution in [0.15, 0.2) is 5.11 Å². The summed E-state index contributed by atoms with van der Waals surface area (Å²) in [6, 6.07) is 0. The van der Waals surface area contributed by atoms with Crippen LogP contribution in [0.1, 0.15) is 20.8 Å². The maximum absolute atomic E-state index is 10.6. The maximum Gasteiger partial charge on any atom is 0.422 e. The number of nitro groups is 1. The molecule has 0 amide bonds. The smallest absolute Gasteiger partial charge is 0.422 e. The molecule has 0 fully saturated rings. The molecule has 0 saturated carbocycles. The van der Waals surface area contributed by atoms with Crippen LogP contribution in [0.4, 0.5) is 0 Å². The minimum atomic E-state index is -0.794. The number of rotatable bonds is 2. The molecule has 0 radical (unpaired) electrons. The molecule has 0 aromatic rings. The van der Waals surface area contributed by atoms with E-state index < -0.39 is 17.1 Å². The Morgan fingerprint density at radius 3 is 2.09 bits per heavy atom. The van der Waals surface area contributed by atoms with E-state index in [0.717, 1.165) is 0 Å². The van der Waals surface area contributed by atoms with Crippen molar-refractivity contribution in [3.63, 3.8) is 0 Å². The van der Waals surface area contributed by atoms with Crippen LogP contribution in [0.2, 0.25) is 0 Å². The lowest BCUT2D eigenvalue weighted by Gasteiger charge is -2.07. The van der Waals surface area contributed by atoms with Gasteiger partial charge in [-0.1, -0.05) is 0 Å². The first-order valence-corrected chi connectivity index (χ1v) is 3.10. The highest BCUT2D eigenvalue weighted by atomic mass is 16.6. The zero-order valence-electron chi connectivity index (χ0n) is 6.77. The number of nitrogens with zero attached hydrogens (tertiary/aromatic N) is 3. The molecule has 0 bridgehead atoms. The molecule has 0 aromatic carbocycles. The first-order chi connectivity index (χ1) is 4.81. The van der Waals surface area contributed by atoms with Gasteiger partial charge in [-0.25, -0.2) is 0 Å². The van der Waals surface area contributed by atoms with Gasteiger partial charge in [0.05, 0.1) is 4.92 Å². The summed E-state index contributed by atoms with van der Waals surface area (Å²) in [5.74, 6) is 0. The molecule has 11 heavy (non-hydrogen) atoms. The van der Waals surface area contributed by atoms with Crippen LogP contribution in [-0.2, 0) is 0 Å². The summed E-state index contributed by atoms with van der Waals surface area (Å²) in [6.45, 7) is 4.28. The molecule has 0 heterocycles. The average Bonchev–Trinajstić information content (AvgIpc) is 1.53. The third kappa shape index (κ3) is 6.69. The molecule has 6 heteroatoms. The van der Waals surface area contributed by atoms with Crippen molar-refractivity contribution in [1.82, 2.24) is 0 Å². The van der Waals surface area contributed by atoms with E-state index in [4.69, 9.17) is 0 Å². The number of hydrogen-bond donors (Lipinski definition) is 0. The van der Waals surface area contributed by atoms with Gasteiger partial charge in [-0.15, -0.1) is 0 Å². The highest BCUT2D eigenvalue weighted by Crippen LogP contribution is 2.05. The molecular weight excluding hydrogens is 150 g/mol. The van der Waals surface area contributed by atoms with Crippen molar-refractivity contribution in [3.8, 4) is 0 Å². The van der Waals surface area contributed by atoms with Gasteiger partial charge in [-0.2, -0.15) is 0 Å². The lowest BCUT2D eigenvalue weighted by Crippen LogP contribution is -2.19. The van der Waals surface area contributed by atoms with Crippen LogP contribution in [0.25, 0.3) is 0 Å². The van der Waals surface area contributed by atoms with Crippen molar-refractivity contribution in [1.29, 1.82) is 0 Å². The summed E-state index contributed by atoms with van der Waals surface area (Å²) in [4.78, 5) is 9.16. The van der Waals surface area contributed by atoms with Gasteiger partial charge in [0, 0.05) is 0 Å². The number of hydroxylamine groups is 1. The molecule has 0 rings (SSSR count). The van der Waals surface area contributed by atoms with Gasteiger partial charge in [-0.3, -0.25) is 10.1 Å². The predicted molar refractivity (Wildman–Crippen MR) is 37.7 cm³/mol. The second-order valence-electron chi connectivity index (χ2n) is 3.10. The second kappa shape index (κ2) is 3.27. The number of hydrogen-bond acceptors (Lipinski definition) is 4. The second-order valence-corrected chi connectivity index (χ2v) is 3.10. The minimum Gasteiger partial charge on any atom is -0.595 e. The fourth-order valence-electron chi connectivity index (χ4n) is 0.465. The molecular formula is C5H11N3O3. The maximum atomic E-state index is 10.6. The van der Waals surface area contributed by atoms with E-state index in [1.165, 1.54) is 0 Å². The van der Waals surface area contributed by atoms with E-state index >= 15 is 0 Å². The largest absolute Gasteiger partial charge is 0.595 e. The van der Waals surface area contributed by atoms with Crippen molar-refractivity contribution >= 4 is 0 Å². The van der Waals surface area contributed by atoms with Crippen LogP contribution in [0.3, 0.4) is 0 Å². The Balaban J connectivity index is 4.12. The van der Waals surface area contributed by atoms with Crippen LogP contribution >= 0.6 is 0 Å². The lowest BCUT2D eigenvalue weighted by molar-refractivity contribution is -0.714. The molecule has 0 aliphatic heterocycles. The summed E-state index contributed by atoms with van der Waals surface area (Å²) < 4.78 is 0. The normalized spacial score (nSPS) is 13.2. The highest BCUT2D eigenvalue weighted by Gasteiger charge is 2.15. The molecule has 6 nitrogen and oxygen atoms in total. The topological polar surface area (TPSA) is 81.6 Å². The van der Waals surface area contributed by atoms with E-state index in [2.05, 4.69) is 5.11 Å². The van der Waals surface area contributed by atoms with Gasteiger partial charge in [0.1, 0.15) is 5.54 Å². The summed E-state index contributed by atoms with van der Waals surface area (Å²) in [6.07, 6.45) is 0. The molecule has 0 unspecified atom stereocenters. The molecule has 0 saturated heterocycles. The van der Waals surface area contributed by atoms with Crippen molar-refractivity contribution in [2.75, 3.05) is 6.67 Å². The van der Waals surface area contributed by atoms with Crippen LogP contribution in [-0.4, -0.2) is 22.0 Å². The van der Waals surface area contributed by atoms with E-state index in [9.17, 15) is 15.3 Å². The monoisotopic (exact) mass is 161 g/mol. The third-order valence-electron chi connectivity index (χ3n) is 0.648. The Morgan fingerprint density at radius 1 is 1.36 bits per heavy atom. The fourth-order valence-corrected chi connectivity index (χ4v) is 0.465. The highest BCUT2D eigenvalue weighted by molar-refractivity contribution is 4.63. The van der Waals surface area contributed by atoms with Gasteiger partial charge >= 0.3 is 6.67 Å². The molecule has 0 aliphatic rings. The quantitative estimate of drug-likeness (QED) is 0.199. The van der Waals surface area contributed by atoms with Crippen LogP contribution in [0.5, 0.6) is 0 Å². The summed E-state index contributed by atoms with van der Waals surface area (Å²) in [7, 11) is 0. The minimum absolute atomic E-state index is 0.0833. The van der Waals surface area contributed by atoms with Crippen molar-refractivity contribution in [2.45, 2.75) is 26.3 Å². The molecule has 0 atom stereocenters. The standard InChI is InChI=1S/C5H11N3O3/c1-5(2,3)6-7(9)4-8(10)11/h4H2,1-3H3. The average molecular weight is 161 g/mol. The fraction of sp³-hybridized carbons (Fsp3) is 1.00. The first-order valence-electron chi connectivity index (χ1n) is 3.10. The van der Waals surface area contributed by atoms with Crippen molar-refractivity contribution < 1.29 is 9.78 Å². The molecule has 64 valence electrons. The number of azo groups is 1. The molecule has 0 aliphatic carbocycles. The van der Waals surface area contributed by atoms with E-state index in [1.54, 1.807) is 20.8 Å². The van der Waals surface area contributed by atoms with E-state index in [1.807, 2.05) is 0 Å². The molecule has 0 N–H and O–H groups in total. The molecule has 0 aromatic heterocycles.